The zero-order chi connectivity index (χ0) is 29.0. The van der Waals surface area contributed by atoms with Crippen LogP contribution in [0.1, 0.15) is 98.3 Å². The molecule has 0 spiro atoms. The smallest absolute Gasteiger partial charge is 0.390 e. The summed E-state index contributed by atoms with van der Waals surface area (Å²) in [4.78, 5) is 0. The number of aliphatic hydroxyl groups is 2. The molecule has 0 amide bonds. The fourth-order valence-electron chi connectivity index (χ4n) is 9.77. The lowest BCUT2D eigenvalue weighted by Gasteiger charge is -2.66. The van der Waals surface area contributed by atoms with Gasteiger partial charge in [-0.15, -0.1) is 0 Å². The minimum atomic E-state index is -4.54. The average molecular weight is 597 g/mol. The fourth-order valence-corrected chi connectivity index (χ4v) is 10.7. The SMILES string of the molecule is C[C@@H](CCC[C@@H](C)[C@H]1CC[C@@H]2[C@]1(C)CC[C@@H]1[C@@]3(C)CCC(OS(=O)(=O)O)C[C@@H]3C[C@@H](O)[C@]12O)COS(=O)(=O)O. The van der Waals surface area contributed by atoms with Crippen molar-refractivity contribution < 1.29 is 44.5 Å². The predicted octanol–water partition coefficient (Wildman–Crippen LogP) is 4.18. The molecular formula is C27H48O10S2. The van der Waals surface area contributed by atoms with Crippen LogP contribution in [0.3, 0.4) is 0 Å². The van der Waals surface area contributed by atoms with Crippen LogP contribution in [0.15, 0.2) is 0 Å². The molecule has 4 aliphatic carbocycles. The summed E-state index contributed by atoms with van der Waals surface area (Å²) in [7, 11) is -8.96. The first-order valence-electron chi connectivity index (χ1n) is 14.6. The quantitative estimate of drug-likeness (QED) is 0.269. The summed E-state index contributed by atoms with van der Waals surface area (Å²) in [6.45, 7) is 8.61. The van der Waals surface area contributed by atoms with Crippen molar-refractivity contribution in [2.45, 2.75) is 116 Å². The van der Waals surface area contributed by atoms with E-state index in [1.165, 1.54) is 0 Å². The van der Waals surface area contributed by atoms with E-state index in [4.69, 9.17) is 13.3 Å². The standard InChI is InChI=1S/C27H48O10S2/c1-17(16-36-38(30,31)32)6-5-7-18(2)21-8-9-22-26(21,4)13-11-23-25(3)12-10-20(37-39(33,34)35)14-19(25)15-24(28)27(22,23)29/h17-24,28-29H,5-16H2,1-4H3,(H,30,31,32)(H,33,34,35)/t17-,18+,19+,20?,21+,22+,23+,24+,25-,26+,27+/m0/s1. The molecule has 0 bridgehead atoms. The van der Waals surface area contributed by atoms with Gasteiger partial charge in [0.25, 0.3) is 0 Å². The summed E-state index contributed by atoms with van der Waals surface area (Å²) in [5.41, 5.74) is -1.52. The van der Waals surface area contributed by atoms with Gasteiger partial charge in [0.2, 0.25) is 0 Å². The van der Waals surface area contributed by atoms with E-state index in [1.54, 1.807) is 0 Å². The third kappa shape index (κ3) is 6.23. The van der Waals surface area contributed by atoms with Crippen LogP contribution in [0, 0.1) is 46.3 Å². The molecule has 4 N–H and O–H groups in total. The highest BCUT2D eigenvalue weighted by molar-refractivity contribution is 7.81. The summed E-state index contributed by atoms with van der Waals surface area (Å²) in [6.07, 6.45) is 6.82. The highest BCUT2D eigenvalue weighted by Gasteiger charge is 2.69. The lowest BCUT2D eigenvalue weighted by Crippen LogP contribution is -2.69. The maximum absolute atomic E-state index is 12.4. The van der Waals surface area contributed by atoms with Gasteiger partial charge in [0.05, 0.1) is 24.4 Å². The van der Waals surface area contributed by atoms with Gasteiger partial charge < -0.3 is 10.2 Å². The minimum absolute atomic E-state index is 0.00513. The monoisotopic (exact) mass is 596 g/mol. The highest BCUT2D eigenvalue weighted by Crippen LogP contribution is 2.70. The van der Waals surface area contributed by atoms with Crippen LogP contribution in [0.25, 0.3) is 0 Å². The summed E-state index contributed by atoms with van der Waals surface area (Å²) in [6, 6.07) is 0. The number of fused-ring (bicyclic) bond motifs is 5. The van der Waals surface area contributed by atoms with Crippen molar-refractivity contribution in [3.05, 3.63) is 0 Å². The second kappa shape index (κ2) is 11.1. The largest absolute Gasteiger partial charge is 0.397 e. The van der Waals surface area contributed by atoms with Crippen LogP contribution in [0.4, 0.5) is 0 Å². The molecular weight excluding hydrogens is 548 g/mol. The Morgan fingerprint density at radius 3 is 2.15 bits per heavy atom. The predicted molar refractivity (Wildman–Crippen MR) is 144 cm³/mol. The van der Waals surface area contributed by atoms with Crippen LogP contribution in [-0.4, -0.2) is 60.6 Å². The number of hydrogen-bond donors (Lipinski definition) is 4. The molecule has 0 aromatic heterocycles. The Kier molecular flexibility index (Phi) is 8.96. The molecule has 1 unspecified atom stereocenters. The Morgan fingerprint density at radius 1 is 0.872 bits per heavy atom. The van der Waals surface area contributed by atoms with Crippen molar-refractivity contribution in [1.29, 1.82) is 0 Å². The van der Waals surface area contributed by atoms with E-state index in [2.05, 4.69) is 25.0 Å². The Labute approximate surface area is 234 Å². The summed E-state index contributed by atoms with van der Waals surface area (Å²) in [5.74, 6) is 0.733. The van der Waals surface area contributed by atoms with E-state index in [9.17, 15) is 27.0 Å². The lowest BCUT2D eigenvalue weighted by atomic mass is 9.42. The molecule has 0 aromatic rings. The molecule has 0 heterocycles. The first kappa shape index (κ1) is 31.6. The molecule has 0 radical (unpaired) electrons. The van der Waals surface area contributed by atoms with E-state index in [-0.39, 0.29) is 41.1 Å². The summed E-state index contributed by atoms with van der Waals surface area (Å²) < 4.78 is 71.6. The van der Waals surface area contributed by atoms with Crippen LogP contribution >= 0.6 is 0 Å². The van der Waals surface area contributed by atoms with E-state index < -0.39 is 38.6 Å². The first-order chi connectivity index (χ1) is 17.9. The Morgan fingerprint density at radius 2 is 1.51 bits per heavy atom. The zero-order valence-corrected chi connectivity index (χ0v) is 25.3. The van der Waals surface area contributed by atoms with E-state index in [0.717, 1.165) is 44.9 Å². The molecule has 0 aromatic carbocycles. The number of hydrogen-bond acceptors (Lipinski definition) is 8. The van der Waals surface area contributed by atoms with Gasteiger partial charge in [-0.25, -0.2) is 8.37 Å². The third-order valence-corrected chi connectivity index (χ3v) is 12.6. The van der Waals surface area contributed by atoms with Crippen LogP contribution in [0.5, 0.6) is 0 Å². The van der Waals surface area contributed by atoms with Gasteiger partial charge in [-0.05, 0) is 104 Å². The van der Waals surface area contributed by atoms with E-state index in [0.29, 0.717) is 37.5 Å². The third-order valence-electron chi connectivity index (χ3n) is 11.6. The second-order valence-electron chi connectivity index (χ2n) is 13.8. The molecule has 4 rings (SSSR count). The van der Waals surface area contributed by atoms with Crippen LogP contribution < -0.4 is 0 Å². The Bertz CT molecular complexity index is 1100. The van der Waals surface area contributed by atoms with Crippen LogP contribution in [0.2, 0.25) is 0 Å². The minimum Gasteiger partial charge on any atom is -0.390 e. The van der Waals surface area contributed by atoms with E-state index in [1.807, 2.05) is 6.92 Å². The van der Waals surface area contributed by atoms with Gasteiger partial charge in [-0.2, -0.15) is 16.8 Å². The zero-order valence-electron chi connectivity index (χ0n) is 23.7. The average Bonchev–Trinajstić information content (AvgIpc) is 3.16. The Balaban J connectivity index is 1.42. The van der Waals surface area contributed by atoms with Crippen molar-refractivity contribution in [2.75, 3.05) is 6.61 Å². The molecule has 11 atom stereocenters. The van der Waals surface area contributed by atoms with Crippen LogP contribution in [-0.2, 0) is 29.2 Å². The molecule has 4 fully saturated rings. The maximum atomic E-state index is 12.4. The Hall–Kier alpha value is -0.340. The summed E-state index contributed by atoms with van der Waals surface area (Å²) >= 11 is 0. The molecule has 39 heavy (non-hydrogen) atoms. The molecule has 4 saturated carbocycles. The second-order valence-corrected chi connectivity index (χ2v) is 16.0. The molecule has 228 valence electrons. The first-order valence-corrected chi connectivity index (χ1v) is 17.3. The van der Waals surface area contributed by atoms with Gasteiger partial charge in [-0.3, -0.25) is 9.11 Å². The van der Waals surface area contributed by atoms with Crippen molar-refractivity contribution in [1.82, 2.24) is 0 Å². The van der Waals surface area contributed by atoms with Gasteiger partial charge >= 0.3 is 20.8 Å². The molecule has 12 heteroatoms. The van der Waals surface area contributed by atoms with Gasteiger partial charge in [0, 0.05) is 0 Å². The molecule has 0 saturated heterocycles. The van der Waals surface area contributed by atoms with Crippen molar-refractivity contribution in [3.63, 3.8) is 0 Å². The molecule has 0 aliphatic heterocycles. The van der Waals surface area contributed by atoms with Gasteiger partial charge in [0.1, 0.15) is 0 Å². The van der Waals surface area contributed by atoms with Crippen molar-refractivity contribution in [2.24, 2.45) is 46.3 Å². The molecule has 10 nitrogen and oxygen atoms in total. The van der Waals surface area contributed by atoms with Crippen molar-refractivity contribution in [3.8, 4) is 0 Å². The van der Waals surface area contributed by atoms with Gasteiger partial charge in [0.15, 0.2) is 0 Å². The fraction of sp³-hybridized carbons (Fsp3) is 1.00. The number of rotatable bonds is 10. The number of aliphatic hydroxyl groups excluding tert-OH is 1. The summed E-state index contributed by atoms with van der Waals surface area (Å²) in [5, 5.41) is 23.9. The molecule has 4 aliphatic rings. The highest BCUT2D eigenvalue weighted by atomic mass is 32.3. The van der Waals surface area contributed by atoms with Crippen molar-refractivity contribution >= 4 is 20.8 Å². The van der Waals surface area contributed by atoms with E-state index >= 15 is 0 Å². The lowest BCUT2D eigenvalue weighted by molar-refractivity contribution is -0.270. The van der Waals surface area contributed by atoms with Gasteiger partial charge in [-0.1, -0.05) is 40.5 Å². The maximum Gasteiger partial charge on any atom is 0.397 e. The topological polar surface area (TPSA) is 168 Å². The normalized spacial score (nSPS) is 44.2.